The Labute approximate surface area is 123 Å². The first kappa shape index (κ1) is 16.6. The summed E-state index contributed by atoms with van der Waals surface area (Å²) >= 11 is 0. The van der Waals surface area contributed by atoms with Crippen LogP contribution >= 0.6 is 0 Å². The molecule has 3 unspecified atom stereocenters. The fourth-order valence-electron chi connectivity index (χ4n) is 2.51. The molecular formula is C18H26O2. The zero-order chi connectivity index (χ0) is 15.5. The van der Waals surface area contributed by atoms with Crippen molar-refractivity contribution in [1.29, 1.82) is 0 Å². The molecule has 1 aliphatic carbocycles. The normalized spacial score (nSPS) is 25.1. The van der Waals surface area contributed by atoms with Crippen molar-refractivity contribution in [1.82, 2.24) is 0 Å². The first-order chi connectivity index (χ1) is 9.25. The van der Waals surface area contributed by atoms with E-state index in [4.69, 9.17) is 4.74 Å². The maximum Gasteiger partial charge on any atom is 0.311 e. The molecule has 1 saturated carbocycles. The first-order valence-corrected chi connectivity index (χ1v) is 7.16. The van der Waals surface area contributed by atoms with E-state index in [0.717, 1.165) is 5.57 Å². The van der Waals surface area contributed by atoms with Crippen molar-refractivity contribution in [3.63, 3.8) is 0 Å². The number of carbonyl (C=O) groups is 1. The molecule has 0 radical (unpaired) electrons. The van der Waals surface area contributed by atoms with E-state index in [9.17, 15) is 4.79 Å². The lowest BCUT2D eigenvalue weighted by molar-refractivity contribution is -0.147. The van der Waals surface area contributed by atoms with E-state index in [1.807, 2.05) is 19.9 Å². The van der Waals surface area contributed by atoms with Crippen LogP contribution in [0.4, 0.5) is 0 Å². The summed E-state index contributed by atoms with van der Waals surface area (Å²) in [6, 6.07) is 0. The second-order valence-corrected chi connectivity index (χ2v) is 6.31. The Morgan fingerprint density at radius 3 is 2.35 bits per heavy atom. The molecule has 1 fully saturated rings. The topological polar surface area (TPSA) is 26.3 Å². The molecule has 110 valence electrons. The van der Waals surface area contributed by atoms with Crippen LogP contribution in [0.5, 0.6) is 0 Å². The quantitative estimate of drug-likeness (QED) is 0.438. The maximum atomic E-state index is 12.4. The fourth-order valence-corrected chi connectivity index (χ4v) is 2.51. The molecule has 0 amide bonds. The van der Waals surface area contributed by atoms with Crippen molar-refractivity contribution < 1.29 is 9.53 Å². The van der Waals surface area contributed by atoms with E-state index in [0.29, 0.717) is 0 Å². The average molecular weight is 274 g/mol. The lowest BCUT2D eigenvalue weighted by Crippen LogP contribution is -2.20. The van der Waals surface area contributed by atoms with Crippen LogP contribution in [-0.2, 0) is 9.53 Å². The van der Waals surface area contributed by atoms with Gasteiger partial charge in [0, 0.05) is 0 Å². The number of esters is 1. The van der Waals surface area contributed by atoms with E-state index < -0.39 is 6.10 Å². The molecule has 0 aromatic heterocycles. The minimum Gasteiger partial charge on any atom is -0.444 e. The van der Waals surface area contributed by atoms with E-state index in [1.165, 1.54) is 5.57 Å². The summed E-state index contributed by atoms with van der Waals surface area (Å²) in [6.07, 6.45) is 3.70. The third-order valence-corrected chi connectivity index (χ3v) is 4.06. The van der Waals surface area contributed by atoms with Crippen LogP contribution in [0.1, 0.15) is 48.5 Å². The smallest absolute Gasteiger partial charge is 0.311 e. The second-order valence-electron chi connectivity index (χ2n) is 6.31. The number of hydrogen-bond acceptors (Lipinski definition) is 2. The van der Waals surface area contributed by atoms with Gasteiger partial charge in [-0.15, -0.1) is 5.92 Å². The largest absolute Gasteiger partial charge is 0.444 e. The van der Waals surface area contributed by atoms with E-state index in [2.05, 4.69) is 45.6 Å². The van der Waals surface area contributed by atoms with Crippen LogP contribution in [0.3, 0.4) is 0 Å². The van der Waals surface area contributed by atoms with Crippen molar-refractivity contribution in [3.8, 4) is 11.8 Å². The van der Waals surface area contributed by atoms with Gasteiger partial charge in [-0.05, 0) is 51.5 Å². The van der Waals surface area contributed by atoms with E-state index in [1.54, 1.807) is 6.92 Å². The predicted molar refractivity (Wildman–Crippen MR) is 83.0 cm³/mol. The highest BCUT2D eigenvalue weighted by Crippen LogP contribution is 2.59. The molecule has 0 aromatic carbocycles. The number of ether oxygens (including phenoxy) is 1. The molecule has 20 heavy (non-hydrogen) atoms. The molecule has 3 atom stereocenters. The van der Waals surface area contributed by atoms with E-state index >= 15 is 0 Å². The van der Waals surface area contributed by atoms with Crippen molar-refractivity contribution in [3.05, 3.63) is 23.3 Å². The Kier molecular flexibility index (Phi) is 5.22. The molecule has 0 heterocycles. The van der Waals surface area contributed by atoms with Crippen LogP contribution in [0.2, 0.25) is 0 Å². The van der Waals surface area contributed by atoms with Gasteiger partial charge >= 0.3 is 5.97 Å². The number of allylic oxidation sites excluding steroid dienone is 3. The van der Waals surface area contributed by atoms with Gasteiger partial charge in [0.25, 0.3) is 0 Å². The molecule has 1 rings (SSSR count). The summed E-state index contributed by atoms with van der Waals surface area (Å²) in [5.41, 5.74) is 2.21. The molecule has 1 aliphatic rings. The van der Waals surface area contributed by atoms with Gasteiger partial charge < -0.3 is 4.74 Å². The van der Waals surface area contributed by atoms with Gasteiger partial charge in [0.05, 0.1) is 5.92 Å². The standard InChI is InChI=1S/C18H26O2/c1-8-10-15(13(5)9-2)20-17(19)16-14(11-12(3)4)18(16,6)7/h9,11,14-16H,1-7H3/b13-9+. The Bertz CT molecular complexity index is 493. The molecule has 0 saturated heterocycles. The summed E-state index contributed by atoms with van der Waals surface area (Å²) in [4.78, 5) is 12.4. The molecule has 0 aliphatic heterocycles. The summed E-state index contributed by atoms with van der Waals surface area (Å²) in [7, 11) is 0. The van der Waals surface area contributed by atoms with Crippen molar-refractivity contribution >= 4 is 5.97 Å². The number of rotatable bonds is 4. The lowest BCUT2D eigenvalue weighted by atomic mass is 10.1. The molecule has 0 bridgehead atoms. The number of hydrogen-bond donors (Lipinski definition) is 0. The first-order valence-electron chi connectivity index (χ1n) is 7.16. The minimum absolute atomic E-state index is 0.0115. The third kappa shape index (κ3) is 3.54. The monoisotopic (exact) mass is 274 g/mol. The van der Waals surface area contributed by atoms with Crippen LogP contribution < -0.4 is 0 Å². The van der Waals surface area contributed by atoms with Crippen molar-refractivity contribution in [2.75, 3.05) is 0 Å². The Balaban J connectivity index is 2.81. The van der Waals surface area contributed by atoms with Gasteiger partial charge in [0.1, 0.15) is 0 Å². The summed E-state index contributed by atoms with van der Waals surface area (Å²) in [6.45, 7) is 14.0. The highest BCUT2D eigenvalue weighted by molar-refractivity contribution is 5.79. The summed E-state index contributed by atoms with van der Waals surface area (Å²) in [5, 5.41) is 0. The maximum absolute atomic E-state index is 12.4. The average Bonchev–Trinajstić information content (AvgIpc) is 2.88. The zero-order valence-corrected chi connectivity index (χ0v) is 13.7. The second kappa shape index (κ2) is 6.31. The van der Waals surface area contributed by atoms with Crippen LogP contribution in [0, 0.1) is 29.1 Å². The van der Waals surface area contributed by atoms with Crippen LogP contribution in [-0.4, -0.2) is 12.1 Å². The minimum atomic E-state index is -0.416. The lowest BCUT2D eigenvalue weighted by Gasteiger charge is -2.13. The molecular weight excluding hydrogens is 248 g/mol. The van der Waals surface area contributed by atoms with Crippen molar-refractivity contribution in [2.24, 2.45) is 17.3 Å². The summed E-state index contributed by atoms with van der Waals surface area (Å²) < 4.78 is 5.60. The van der Waals surface area contributed by atoms with Gasteiger partial charge in [-0.1, -0.05) is 37.5 Å². The Morgan fingerprint density at radius 1 is 1.30 bits per heavy atom. The summed E-state index contributed by atoms with van der Waals surface area (Å²) in [5.74, 6) is 5.88. The third-order valence-electron chi connectivity index (χ3n) is 4.06. The fraction of sp³-hybridized carbons (Fsp3) is 0.611. The predicted octanol–water partition coefficient (Wildman–Crippen LogP) is 4.13. The molecule has 2 nitrogen and oxygen atoms in total. The highest BCUT2D eigenvalue weighted by Gasteiger charge is 2.61. The number of carbonyl (C=O) groups excluding carboxylic acids is 1. The van der Waals surface area contributed by atoms with Gasteiger partial charge in [0.15, 0.2) is 6.10 Å². The molecule has 0 spiro atoms. The van der Waals surface area contributed by atoms with Crippen LogP contribution in [0.15, 0.2) is 23.3 Å². The SMILES string of the molecule is CC#CC(OC(=O)C1C(C=C(C)C)C1(C)C)/C(C)=C/C. The molecule has 2 heteroatoms. The van der Waals surface area contributed by atoms with Crippen LogP contribution in [0.25, 0.3) is 0 Å². The van der Waals surface area contributed by atoms with Gasteiger partial charge in [-0.25, -0.2) is 0 Å². The Hall–Kier alpha value is -1.49. The molecule has 0 N–H and O–H groups in total. The molecule has 0 aromatic rings. The zero-order valence-electron chi connectivity index (χ0n) is 13.7. The van der Waals surface area contributed by atoms with Crippen molar-refractivity contribution in [2.45, 2.75) is 54.6 Å². The highest BCUT2D eigenvalue weighted by atomic mass is 16.5. The van der Waals surface area contributed by atoms with E-state index in [-0.39, 0.29) is 23.2 Å². The Morgan fingerprint density at radius 2 is 1.90 bits per heavy atom. The van der Waals surface area contributed by atoms with Gasteiger partial charge in [-0.3, -0.25) is 4.79 Å². The van der Waals surface area contributed by atoms with Gasteiger partial charge in [-0.2, -0.15) is 0 Å². The van der Waals surface area contributed by atoms with Gasteiger partial charge in [0.2, 0.25) is 0 Å².